The molecule has 3 saturated carbocycles. The maximum Gasteiger partial charge on any atom is 0.407 e. The van der Waals surface area contributed by atoms with Crippen LogP contribution >= 0.6 is 0 Å². The van der Waals surface area contributed by atoms with Crippen molar-refractivity contribution in [2.75, 3.05) is 19.7 Å². The fourth-order valence-electron chi connectivity index (χ4n) is 9.64. The number of halogens is 2. The van der Waals surface area contributed by atoms with E-state index in [1.54, 1.807) is 24.3 Å². The summed E-state index contributed by atoms with van der Waals surface area (Å²) >= 11 is 0. The van der Waals surface area contributed by atoms with Crippen molar-refractivity contribution in [1.29, 1.82) is 0 Å². The molecule has 3 aliphatic carbocycles. The molecule has 1 aromatic carbocycles. The first-order valence-electron chi connectivity index (χ1n) is 21.2. The van der Waals surface area contributed by atoms with Gasteiger partial charge in [0.2, 0.25) is 27.7 Å². The average Bonchev–Trinajstić information content (AvgIpc) is 4.08. The van der Waals surface area contributed by atoms with Crippen molar-refractivity contribution in [2.45, 2.75) is 144 Å². The number of carbonyl (C=O) groups excluding carboxylic acids is 4. The Morgan fingerprint density at radius 3 is 2.21 bits per heavy atom. The molecule has 316 valence electrons. The van der Waals surface area contributed by atoms with Gasteiger partial charge in [0, 0.05) is 18.4 Å². The maximum absolute atomic E-state index is 16.4. The van der Waals surface area contributed by atoms with Crippen LogP contribution in [0.4, 0.5) is 13.6 Å². The number of nitrogens with zero attached hydrogens (tertiary/aromatic N) is 3. The molecule has 5 atom stereocenters. The smallest absolute Gasteiger partial charge is 0.407 e. The van der Waals surface area contributed by atoms with E-state index in [-0.39, 0.29) is 49.4 Å². The minimum Gasteiger partial charge on any atom is -0.470 e. The quantitative estimate of drug-likeness (QED) is 0.363. The number of nitrogens with one attached hydrogen (secondary N) is 3. The van der Waals surface area contributed by atoms with Gasteiger partial charge < -0.3 is 25.0 Å². The van der Waals surface area contributed by atoms with Crippen LogP contribution in [0.25, 0.3) is 11.0 Å². The van der Waals surface area contributed by atoms with E-state index in [1.165, 1.54) is 4.90 Å². The fourth-order valence-corrected chi connectivity index (χ4v) is 11.0. The lowest BCUT2D eigenvalue weighted by Crippen LogP contribution is -2.55. The minimum absolute atomic E-state index is 0.122. The second kappa shape index (κ2) is 16.1. The Morgan fingerprint density at radius 2 is 1.50 bits per heavy atom. The molecule has 2 saturated heterocycles. The average molecular weight is 829 g/mol. The van der Waals surface area contributed by atoms with Crippen LogP contribution in [0.5, 0.6) is 5.88 Å². The summed E-state index contributed by atoms with van der Waals surface area (Å²) in [6, 6.07) is 5.60. The van der Waals surface area contributed by atoms with Gasteiger partial charge in [-0.15, -0.1) is 0 Å². The molecule has 4 heterocycles. The highest BCUT2D eigenvalue weighted by Crippen LogP contribution is 2.49. The molecule has 0 radical (unpaired) electrons. The normalized spacial score (nSPS) is 30.9. The second-order valence-electron chi connectivity index (χ2n) is 17.6. The molecule has 1 spiro atoms. The molecule has 14 nitrogen and oxygen atoms in total. The van der Waals surface area contributed by atoms with Gasteiger partial charge in [0.05, 0.1) is 35.4 Å². The van der Waals surface area contributed by atoms with Gasteiger partial charge in [-0.05, 0) is 75.8 Å². The van der Waals surface area contributed by atoms with E-state index in [4.69, 9.17) is 9.47 Å². The van der Waals surface area contributed by atoms with E-state index in [1.807, 2.05) is 0 Å². The number of hydrogen-bond donors (Lipinski definition) is 3. The first-order chi connectivity index (χ1) is 27.8. The number of hydrogen-bond acceptors (Lipinski definition) is 10. The first kappa shape index (κ1) is 40.6. The molecule has 1 aromatic heterocycles. The molecule has 1 unspecified atom stereocenters. The molecule has 3 N–H and O–H groups in total. The zero-order valence-corrected chi connectivity index (χ0v) is 33.6. The van der Waals surface area contributed by atoms with Gasteiger partial charge in [0.15, 0.2) is 5.69 Å². The summed E-state index contributed by atoms with van der Waals surface area (Å²) in [5.41, 5.74) is -1.95. The Hall–Kier alpha value is -4.15. The zero-order chi connectivity index (χ0) is 40.7. The molecular formula is C41H54F2N6O8S. The molecule has 3 aliphatic heterocycles. The topological polar surface area (TPSA) is 186 Å². The Kier molecular flexibility index (Phi) is 11.3. The van der Waals surface area contributed by atoms with Crippen molar-refractivity contribution >= 4 is 44.9 Å². The van der Waals surface area contributed by atoms with Crippen LogP contribution in [-0.4, -0.2) is 89.7 Å². The molecule has 4 bridgehead atoms. The lowest BCUT2D eigenvalue weighted by molar-refractivity contribution is -0.134. The van der Waals surface area contributed by atoms with E-state index < -0.39 is 86.6 Å². The third-order valence-electron chi connectivity index (χ3n) is 13.4. The number of alkyl carbamates (subject to hydrolysis) is 1. The number of fused-ring (bicyclic) bond motifs is 7. The number of cyclic esters (lactones) is 1. The molecular weight excluding hydrogens is 775 g/mol. The highest BCUT2D eigenvalue weighted by atomic mass is 32.2. The van der Waals surface area contributed by atoms with Crippen LogP contribution in [0.3, 0.4) is 0 Å². The molecule has 4 amide bonds. The number of ether oxygens (including phenoxy) is 2. The van der Waals surface area contributed by atoms with Crippen molar-refractivity contribution in [2.24, 2.45) is 17.3 Å². The summed E-state index contributed by atoms with van der Waals surface area (Å²) in [4.78, 5) is 66.4. The molecule has 5 fully saturated rings. The number of alkyl halides is 2. The van der Waals surface area contributed by atoms with Crippen LogP contribution in [0, 0.1) is 17.3 Å². The maximum atomic E-state index is 16.4. The zero-order valence-electron chi connectivity index (χ0n) is 32.8. The van der Waals surface area contributed by atoms with Crippen LogP contribution in [0.1, 0.15) is 121 Å². The van der Waals surface area contributed by atoms with Gasteiger partial charge in [-0.2, -0.15) is 8.78 Å². The fraction of sp³-hybridized carbons (Fsp3) is 0.707. The Bertz CT molecular complexity index is 2030. The minimum atomic E-state index is -3.93. The van der Waals surface area contributed by atoms with E-state index >= 15 is 8.78 Å². The highest BCUT2D eigenvalue weighted by molar-refractivity contribution is 7.91. The van der Waals surface area contributed by atoms with Crippen LogP contribution in [0.15, 0.2) is 24.3 Å². The van der Waals surface area contributed by atoms with E-state index in [0.717, 1.165) is 51.4 Å². The summed E-state index contributed by atoms with van der Waals surface area (Å²) in [5.74, 6) is -7.40. The molecule has 17 heteroatoms. The van der Waals surface area contributed by atoms with E-state index in [9.17, 15) is 27.6 Å². The van der Waals surface area contributed by atoms with Gasteiger partial charge in [-0.25, -0.2) is 23.2 Å². The Balaban J connectivity index is 1.16. The van der Waals surface area contributed by atoms with Crippen LogP contribution in [-0.2, 0) is 35.1 Å². The lowest BCUT2D eigenvalue weighted by atomic mass is 9.81. The second-order valence-corrected chi connectivity index (χ2v) is 19.6. The van der Waals surface area contributed by atoms with E-state index in [0.29, 0.717) is 50.5 Å². The Labute approximate surface area is 337 Å². The van der Waals surface area contributed by atoms with Gasteiger partial charge in [-0.1, -0.05) is 63.5 Å². The summed E-state index contributed by atoms with van der Waals surface area (Å²) in [6.45, 7) is -0.316. The summed E-state index contributed by atoms with van der Waals surface area (Å²) < 4.78 is 73.1. The SMILES string of the molecule is O=C1N[C@H]2CCCCCCC[C@@H]3C[C@@]3(C(=O)NS(=O)(=O)C3CC3)NC(=O)C3CN(C[C@@H]3Oc3nc4ccccc4nc3C(F)(F)CCCCC3(CCCC3)CO1)C2=O. The first-order valence-corrected chi connectivity index (χ1v) is 22.7. The highest BCUT2D eigenvalue weighted by Gasteiger charge is 2.62. The molecule has 8 rings (SSSR count). The third kappa shape index (κ3) is 8.60. The number of benzene rings is 1. The van der Waals surface area contributed by atoms with Crippen molar-refractivity contribution in [3.05, 3.63) is 30.0 Å². The number of rotatable bonds is 3. The standard InChI is InChI=1S/C41H54F2N6O8S/c42-41(43)21-11-10-20-39(18-8-9-19-39)25-56-38(53)46-31-15-5-3-1-2-4-12-26-22-40(26,37(52)48-58(54,55)27-16-17-27)47-34(50)28-23-49(36(31)51)24-32(28)57-35-33(41)44-29-13-6-7-14-30(29)45-35/h6-7,13-14,26-28,31-32H,1-5,8-12,15-25H2,(H,46,53)(H,47,50)(H,48,52)/t26-,28?,31+,32+,40-/m1/s1. The van der Waals surface area contributed by atoms with Gasteiger partial charge in [0.25, 0.3) is 11.8 Å². The number of para-hydroxylation sites is 2. The van der Waals surface area contributed by atoms with Gasteiger partial charge in [-0.3, -0.25) is 19.1 Å². The molecule has 2 aromatic rings. The van der Waals surface area contributed by atoms with Crippen molar-refractivity contribution in [3.8, 4) is 5.88 Å². The van der Waals surface area contributed by atoms with Crippen LogP contribution in [0.2, 0.25) is 0 Å². The Morgan fingerprint density at radius 1 is 0.845 bits per heavy atom. The predicted octanol–water partition coefficient (Wildman–Crippen LogP) is 5.38. The number of carbonyl (C=O) groups is 4. The lowest BCUT2D eigenvalue weighted by Gasteiger charge is -2.30. The third-order valence-corrected chi connectivity index (χ3v) is 15.2. The van der Waals surface area contributed by atoms with Crippen LogP contribution < -0.4 is 20.1 Å². The number of aromatic nitrogens is 2. The van der Waals surface area contributed by atoms with Crippen molar-refractivity contribution in [3.63, 3.8) is 0 Å². The van der Waals surface area contributed by atoms with Crippen molar-refractivity contribution in [1.82, 2.24) is 30.2 Å². The monoisotopic (exact) mass is 828 g/mol. The number of amides is 4. The summed E-state index contributed by atoms with van der Waals surface area (Å²) in [6.07, 6.45) is 8.10. The largest absolute Gasteiger partial charge is 0.470 e. The summed E-state index contributed by atoms with van der Waals surface area (Å²) in [7, 11) is -3.93. The summed E-state index contributed by atoms with van der Waals surface area (Å²) in [5, 5.41) is 5.04. The number of sulfonamides is 1. The van der Waals surface area contributed by atoms with Gasteiger partial charge in [0.1, 0.15) is 17.7 Å². The molecule has 6 aliphatic rings. The van der Waals surface area contributed by atoms with Crippen molar-refractivity contribution < 1.29 is 45.9 Å². The predicted molar refractivity (Wildman–Crippen MR) is 207 cm³/mol. The molecule has 58 heavy (non-hydrogen) atoms. The van der Waals surface area contributed by atoms with E-state index in [2.05, 4.69) is 25.3 Å². The van der Waals surface area contributed by atoms with Gasteiger partial charge >= 0.3 is 6.09 Å².